The summed E-state index contributed by atoms with van der Waals surface area (Å²) in [5.41, 5.74) is 0. The lowest BCUT2D eigenvalue weighted by Crippen LogP contribution is -2.31. The van der Waals surface area contributed by atoms with Crippen molar-refractivity contribution in [3.05, 3.63) is 12.2 Å². The molecule has 4 heteroatoms. The Bertz CT molecular complexity index is 159. The number of alkyl halides is 1. The number of carbonyl (C=O) groups is 1. The topological polar surface area (TPSA) is 49.3 Å². The van der Waals surface area contributed by atoms with Crippen molar-refractivity contribution in [3.8, 4) is 0 Å². The standard InChI is InChI=1S/C8H14INO2/c1-2-4-7(5-3-6-9)10-8(11)12/h3,5,7,10H,2,4,6H2,1H3,(H,11,12). The summed E-state index contributed by atoms with van der Waals surface area (Å²) in [7, 11) is 0. The van der Waals surface area contributed by atoms with Crippen LogP contribution in [0, 0.1) is 0 Å². The van der Waals surface area contributed by atoms with Crippen LogP contribution in [-0.2, 0) is 0 Å². The summed E-state index contributed by atoms with van der Waals surface area (Å²) in [6.45, 7) is 2.04. The smallest absolute Gasteiger partial charge is 0.405 e. The van der Waals surface area contributed by atoms with Crippen LogP contribution in [0.3, 0.4) is 0 Å². The molecule has 0 aromatic heterocycles. The molecule has 2 N–H and O–H groups in total. The molecule has 3 nitrogen and oxygen atoms in total. The minimum absolute atomic E-state index is 0.0257. The van der Waals surface area contributed by atoms with Gasteiger partial charge < -0.3 is 10.4 Å². The van der Waals surface area contributed by atoms with E-state index in [0.29, 0.717) is 0 Å². The predicted octanol–water partition coefficient (Wildman–Crippen LogP) is 2.41. The van der Waals surface area contributed by atoms with Crippen LogP contribution in [0.4, 0.5) is 4.79 Å². The van der Waals surface area contributed by atoms with Crippen LogP contribution in [0.1, 0.15) is 19.8 Å². The molecule has 0 heterocycles. The fraction of sp³-hybridized carbons (Fsp3) is 0.625. The zero-order valence-electron chi connectivity index (χ0n) is 7.09. The molecule has 0 aliphatic carbocycles. The summed E-state index contributed by atoms with van der Waals surface area (Å²) in [6.07, 6.45) is 4.77. The van der Waals surface area contributed by atoms with E-state index in [0.717, 1.165) is 17.3 Å². The van der Waals surface area contributed by atoms with Gasteiger partial charge in [-0.1, -0.05) is 48.1 Å². The van der Waals surface area contributed by atoms with Crippen molar-refractivity contribution in [2.24, 2.45) is 0 Å². The van der Waals surface area contributed by atoms with Gasteiger partial charge >= 0.3 is 6.09 Å². The van der Waals surface area contributed by atoms with Crippen LogP contribution in [-0.4, -0.2) is 21.7 Å². The van der Waals surface area contributed by atoms with E-state index in [1.54, 1.807) is 0 Å². The van der Waals surface area contributed by atoms with Gasteiger partial charge in [0.05, 0.1) is 6.04 Å². The van der Waals surface area contributed by atoms with Gasteiger partial charge in [0.25, 0.3) is 0 Å². The van der Waals surface area contributed by atoms with Gasteiger partial charge in [-0.05, 0) is 6.42 Å². The van der Waals surface area contributed by atoms with Gasteiger partial charge in [-0.15, -0.1) is 0 Å². The minimum atomic E-state index is -0.952. The Balaban J connectivity index is 3.85. The number of halogens is 1. The number of carboxylic acid groups (broad SMARTS) is 1. The first-order valence-corrected chi connectivity index (χ1v) is 5.45. The zero-order chi connectivity index (χ0) is 9.40. The number of amides is 1. The maximum Gasteiger partial charge on any atom is 0.405 e. The number of rotatable bonds is 5. The second kappa shape index (κ2) is 7.39. The van der Waals surface area contributed by atoms with Crippen LogP contribution in [0.2, 0.25) is 0 Å². The highest BCUT2D eigenvalue weighted by molar-refractivity contribution is 14.1. The Labute approximate surface area is 86.4 Å². The average Bonchev–Trinajstić information content (AvgIpc) is 2.00. The predicted molar refractivity (Wildman–Crippen MR) is 57.9 cm³/mol. The molecule has 0 saturated heterocycles. The highest BCUT2D eigenvalue weighted by Gasteiger charge is 2.04. The molecular formula is C8H14INO2. The van der Waals surface area contributed by atoms with Crippen LogP contribution in [0.5, 0.6) is 0 Å². The third-order valence-electron chi connectivity index (χ3n) is 1.37. The van der Waals surface area contributed by atoms with Crippen molar-refractivity contribution in [3.63, 3.8) is 0 Å². The quantitative estimate of drug-likeness (QED) is 0.462. The third-order valence-corrected chi connectivity index (χ3v) is 1.87. The largest absolute Gasteiger partial charge is 0.465 e. The average molecular weight is 283 g/mol. The van der Waals surface area contributed by atoms with E-state index < -0.39 is 6.09 Å². The van der Waals surface area contributed by atoms with E-state index in [1.807, 2.05) is 19.1 Å². The number of allylic oxidation sites excluding steroid dienone is 1. The SMILES string of the molecule is CCCC(C=CCI)NC(=O)O. The van der Waals surface area contributed by atoms with E-state index in [1.165, 1.54) is 0 Å². The molecule has 1 atom stereocenters. The molecule has 0 radical (unpaired) electrons. The fourth-order valence-corrected chi connectivity index (χ4v) is 1.20. The monoisotopic (exact) mass is 283 g/mol. The number of nitrogens with one attached hydrogen (secondary N) is 1. The zero-order valence-corrected chi connectivity index (χ0v) is 9.24. The maximum absolute atomic E-state index is 10.3. The molecule has 0 aliphatic heterocycles. The Morgan fingerprint density at radius 1 is 1.75 bits per heavy atom. The number of hydrogen-bond donors (Lipinski definition) is 2. The van der Waals surface area contributed by atoms with Gasteiger partial charge in [-0.3, -0.25) is 0 Å². The van der Waals surface area contributed by atoms with Gasteiger partial charge in [0.15, 0.2) is 0 Å². The Morgan fingerprint density at radius 2 is 2.42 bits per heavy atom. The summed E-state index contributed by atoms with van der Waals surface area (Å²) in [4.78, 5) is 10.3. The summed E-state index contributed by atoms with van der Waals surface area (Å²) in [5, 5.41) is 10.9. The first kappa shape index (κ1) is 11.7. The first-order chi connectivity index (χ1) is 5.70. The maximum atomic E-state index is 10.3. The van der Waals surface area contributed by atoms with E-state index in [-0.39, 0.29) is 6.04 Å². The van der Waals surface area contributed by atoms with Crippen molar-refractivity contribution < 1.29 is 9.90 Å². The molecule has 1 unspecified atom stereocenters. The van der Waals surface area contributed by atoms with Crippen LogP contribution >= 0.6 is 22.6 Å². The van der Waals surface area contributed by atoms with Crippen LogP contribution < -0.4 is 5.32 Å². The Morgan fingerprint density at radius 3 is 2.83 bits per heavy atom. The lowest BCUT2D eigenvalue weighted by molar-refractivity contribution is 0.191. The van der Waals surface area contributed by atoms with Crippen LogP contribution in [0.25, 0.3) is 0 Å². The Hall–Kier alpha value is -0.260. The highest BCUT2D eigenvalue weighted by atomic mass is 127. The summed E-state index contributed by atoms with van der Waals surface area (Å²) >= 11 is 2.22. The van der Waals surface area contributed by atoms with Crippen molar-refractivity contribution >= 4 is 28.7 Å². The lowest BCUT2D eigenvalue weighted by atomic mass is 10.1. The second-order valence-electron chi connectivity index (χ2n) is 2.43. The van der Waals surface area contributed by atoms with Crippen molar-refractivity contribution in [1.82, 2.24) is 5.32 Å². The molecule has 70 valence electrons. The minimum Gasteiger partial charge on any atom is -0.465 e. The third kappa shape index (κ3) is 6.45. The number of hydrogen-bond acceptors (Lipinski definition) is 1. The molecule has 0 aromatic carbocycles. The van der Waals surface area contributed by atoms with E-state index >= 15 is 0 Å². The molecule has 0 spiro atoms. The van der Waals surface area contributed by atoms with Crippen LogP contribution in [0.15, 0.2) is 12.2 Å². The molecule has 0 aliphatic rings. The molecule has 12 heavy (non-hydrogen) atoms. The van der Waals surface area contributed by atoms with Gasteiger partial charge in [0.2, 0.25) is 0 Å². The van der Waals surface area contributed by atoms with E-state index in [4.69, 9.17) is 5.11 Å². The van der Waals surface area contributed by atoms with Crippen molar-refractivity contribution in [2.45, 2.75) is 25.8 Å². The molecule has 0 saturated carbocycles. The molecular weight excluding hydrogens is 269 g/mol. The van der Waals surface area contributed by atoms with Gasteiger partial charge in [-0.25, -0.2) is 4.79 Å². The Kier molecular flexibility index (Phi) is 7.23. The van der Waals surface area contributed by atoms with E-state index in [9.17, 15) is 4.79 Å². The molecule has 0 bridgehead atoms. The highest BCUT2D eigenvalue weighted by Crippen LogP contribution is 1.99. The summed E-state index contributed by atoms with van der Waals surface area (Å²) in [5.74, 6) is 0. The summed E-state index contributed by atoms with van der Waals surface area (Å²) in [6, 6.07) is -0.0257. The van der Waals surface area contributed by atoms with E-state index in [2.05, 4.69) is 27.9 Å². The normalized spacial score (nSPS) is 13.2. The molecule has 0 fully saturated rings. The summed E-state index contributed by atoms with van der Waals surface area (Å²) < 4.78 is 0.916. The second-order valence-corrected chi connectivity index (χ2v) is 3.31. The van der Waals surface area contributed by atoms with Crippen molar-refractivity contribution in [2.75, 3.05) is 4.43 Å². The molecule has 1 amide bonds. The first-order valence-electron chi connectivity index (χ1n) is 3.92. The van der Waals surface area contributed by atoms with Gasteiger partial charge in [0.1, 0.15) is 0 Å². The fourth-order valence-electron chi connectivity index (χ4n) is 0.902. The van der Waals surface area contributed by atoms with Gasteiger partial charge in [-0.2, -0.15) is 0 Å². The van der Waals surface area contributed by atoms with Gasteiger partial charge in [0, 0.05) is 4.43 Å². The molecule has 0 aromatic rings. The van der Waals surface area contributed by atoms with Crippen molar-refractivity contribution in [1.29, 1.82) is 0 Å². The molecule has 0 rings (SSSR count). The lowest BCUT2D eigenvalue weighted by Gasteiger charge is -2.10.